The third-order valence-corrected chi connectivity index (χ3v) is 4.76. The van der Waals surface area contributed by atoms with Crippen LogP contribution in [0.4, 0.5) is 5.69 Å². The van der Waals surface area contributed by atoms with Crippen LogP contribution in [-0.2, 0) is 6.42 Å². The molecule has 1 saturated heterocycles. The molecule has 0 saturated carbocycles. The summed E-state index contributed by atoms with van der Waals surface area (Å²) in [4.78, 5) is 2.53. The van der Waals surface area contributed by atoms with E-state index in [9.17, 15) is 0 Å². The summed E-state index contributed by atoms with van der Waals surface area (Å²) in [6.45, 7) is 9.12. The Hall–Kier alpha value is -0.540. The fourth-order valence-electron chi connectivity index (χ4n) is 2.83. The Morgan fingerprint density at radius 2 is 2.11 bits per heavy atom. The molecule has 106 valence electrons. The molecule has 19 heavy (non-hydrogen) atoms. The maximum atomic E-state index is 5.98. The number of piperidine rings is 1. The highest BCUT2D eigenvalue weighted by Gasteiger charge is 2.24. The van der Waals surface area contributed by atoms with Gasteiger partial charge in [-0.2, -0.15) is 0 Å². The molecule has 0 aromatic heterocycles. The number of hydrogen-bond donors (Lipinski definition) is 1. The Morgan fingerprint density at radius 3 is 2.74 bits per heavy atom. The molecule has 1 aliphatic rings. The van der Waals surface area contributed by atoms with Crippen LogP contribution >= 0.6 is 15.9 Å². The number of rotatable bonds is 3. The highest BCUT2D eigenvalue weighted by Crippen LogP contribution is 2.31. The lowest BCUT2D eigenvalue weighted by atomic mass is 9.88. The minimum atomic E-state index is 0.209. The summed E-state index contributed by atoms with van der Waals surface area (Å²) < 4.78 is 1.15. The second kappa shape index (κ2) is 6.27. The second-order valence-electron chi connectivity index (χ2n) is 6.14. The van der Waals surface area contributed by atoms with Gasteiger partial charge >= 0.3 is 0 Å². The number of benzene rings is 1. The van der Waals surface area contributed by atoms with Crippen LogP contribution in [0.5, 0.6) is 0 Å². The quantitative estimate of drug-likeness (QED) is 0.915. The van der Waals surface area contributed by atoms with Crippen molar-refractivity contribution in [2.75, 3.05) is 18.0 Å². The predicted octanol–water partition coefficient (Wildman–Crippen LogP) is 3.82. The van der Waals surface area contributed by atoms with Crippen molar-refractivity contribution in [3.8, 4) is 0 Å². The van der Waals surface area contributed by atoms with E-state index in [4.69, 9.17) is 5.73 Å². The van der Waals surface area contributed by atoms with Gasteiger partial charge in [0, 0.05) is 29.3 Å². The fraction of sp³-hybridized carbons (Fsp3) is 0.625. The summed E-state index contributed by atoms with van der Waals surface area (Å²) in [5.74, 6) is 1.59. The van der Waals surface area contributed by atoms with Crippen molar-refractivity contribution in [2.24, 2.45) is 17.6 Å². The lowest BCUT2D eigenvalue weighted by Gasteiger charge is -2.38. The molecule has 1 aromatic rings. The third kappa shape index (κ3) is 3.73. The van der Waals surface area contributed by atoms with Gasteiger partial charge in [-0.15, -0.1) is 0 Å². The average molecular weight is 325 g/mol. The van der Waals surface area contributed by atoms with E-state index in [-0.39, 0.29) is 6.04 Å². The number of hydrogen-bond acceptors (Lipinski definition) is 2. The van der Waals surface area contributed by atoms with E-state index in [0.29, 0.717) is 0 Å². The molecule has 3 heteroatoms. The lowest BCUT2D eigenvalue weighted by molar-refractivity contribution is 0.323. The molecule has 2 rings (SSSR count). The predicted molar refractivity (Wildman–Crippen MR) is 86.7 cm³/mol. The molecule has 3 unspecified atom stereocenters. The molecule has 2 N–H and O–H groups in total. The monoisotopic (exact) mass is 324 g/mol. The van der Waals surface area contributed by atoms with Gasteiger partial charge in [-0.3, -0.25) is 0 Å². The van der Waals surface area contributed by atoms with Crippen LogP contribution in [0.25, 0.3) is 0 Å². The van der Waals surface area contributed by atoms with Crippen molar-refractivity contribution in [3.63, 3.8) is 0 Å². The molecule has 0 amide bonds. The fourth-order valence-corrected chi connectivity index (χ4v) is 3.18. The summed E-state index contributed by atoms with van der Waals surface area (Å²) in [7, 11) is 0. The van der Waals surface area contributed by atoms with E-state index in [1.165, 1.54) is 17.7 Å². The van der Waals surface area contributed by atoms with Crippen molar-refractivity contribution in [1.82, 2.24) is 0 Å². The van der Waals surface area contributed by atoms with Gasteiger partial charge in [-0.25, -0.2) is 0 Å². The maximum absolute atomic E-state index is 5.98. The number of anilines is 1. The van der Waals surface area contributed by atoms with Crippen LogP contribution in [0.1, 0.15) is 32.8 Å². The normalized spacial score (nSPS) is 25.4. The van der Waals surface area contributed by atoms with E-state index >= 15 is 0 Å². The molecule has 0 radical (unpaired) electrons. The minimum absolute atomic E-state index is 0.209. The van der Waals surface area contributed by atoms with E-state index in [1.54, 1.807) is 0 Å². The van der Waals surface area contributed by atoms with Gasteiger partial charge in [0.25, 0.3) is 0 Å². The number of nitrogens with zero attached hydrogens (tertiary/aromatic N) is 1. The van der Waals surface area contributed by atoms with E-state index in [2.05, 4.69) is 59.8 Å². The maximum Gasteiger partial charge on any atom is 0.0410 e. The molecule has 1 aliphatic heterocycles. The first kappa shape index (κ1) is 14.9. The van der Waals surface area contributed by atoms with Gasteiger partial charge < -0.3 is 10.6 Å². The van der Waals surface area contributed by atoms with Crippen LogP contribution in [0.15, 0.2) is 22.7 Å². The van der Waals surface area contributed by atoms with Gasteiger partial charge in [0.2, 0.25) is 0 Å². The van der Waals surface area contributed by atoms with Crippen LogP contribution in [-0.4, -0.2) is 19.1 Å². The molecule has 0 spiro atoms. The zero-order valence-corrected chi connectivity index (χ0v) is 13.8. The topological polar surface area (TPSA) is 29.3 Å². The van der Waals surface area contributed by atoms with Crippen molar-refractivity contribution < 1.29 is 0 Å². The Morgan fingerprint density at radius 1 is 1.37 bits per heavy atom. The summed E-state index contributed by atoms with van der Waals surface area (Å²) in [5.41, 5.74) is 8.72. The first-order valence-corrected chi connectivity index (χ1v) is 8.05. The molecule has 1 heterocycles. The first-order chi connectivity index (χ1) is 8.97. The molecule has 1 aromatic carbocycles. The zero-order chi connectivity index (χ0) is 14.0. The molecule has 1 fully saturated rings. The molecule has 0 aliphatic carbocycles. The Labute approximate surface area is 125 Å². The van der Waals surface area contributed by atoms with Crippen molar-refractivity contribution in [3.05, 3.63) is 28.2 Å². The second-order valence-corrected chi connectivity index (χ2v) is 7.06. The van der Waals surface area contributed by atoms with Crippen molar-refractivity contribution >= 4 is 21.6 Å². The lowest BCUT2D eigenvalue weighted by Crippen LogP contribution is -2.39. The van der Waals surface area contributed by atoms with Crippen molar-refractivity contribution in [1.29, 1.82) is 0 Å². The van der Waals surface area contributed by atoms with Crippen molar-refractivity contribution in [2.45, 2.75) is 39.7 Å². The highest BCUT2D eigenvalue weighted by atomic mass is 79.9. The largest absolute Gasteiger partial charge is 0.371 e. The Bertz CT molecular complexity index is 431. The Balaban J connectivity index is 2.24. The highest BCUT2D eigenvalue weighted by molar-refractivity contribution is 9.10. The Kier molecular flexibility index (Phi) is 4.91. The van der Waals surface area contributed by atoms with Gasteiger partial charge in [0.1, 0.15) is 0 Å². The molecular weight excluding hydrogens is 300 g/mol. The molecule has 2 nitrogen and oxygen atoms in total. The number of nitrogens with two attached hydrogens (primary N) is 1. The summed E-state index contributed by atoms with van der Waals surface area (Å²) >= 11 is 3.60. The van der Waals surface area contributed by atoms with Crippen LogP contribution in [0.2, 0.25) is 0 Å². The summed E-state index contributed by atoms with van der Waals surface area (Å²) in [6, 6.07) is 6.80. The smallest absolute Gasteiger partial charge is 0.0410 e. The minimum Gasteiger partial charge on any atom is -0.371 e. The van der Waals surface area contributed by atoms with Gasteiger partial charge in [0.15, 0.2) is 0 Å². The van der Waals surface area contributed by atoms with Crippen LogP contribution < -0.4 is 10.6 Å². The SMILES string of the molecule is CC(N)Cc1ccc(Br)cc1N1CCC(C)C(C)C1. The van der Waals surface area contributed by atoms with E-state index in [0.717, 1.165) is 35.8 Å². The first-order valence-electron chi connectivity index (χ1n) is 7.26. The van der Waals surface area contributed by atoms with Gasteiger partial charge in [-0.05, 0) is 49.3 Å². The zero-order valence-electron chi connectivity index (χ0n) is 12.2. The number of halogens is 1. The summed E-state index contributed by atoms with van der Waals surface area (Å²) in [5, 5.41) is 0. The molecule has 3 atom stereocenters. The third-order valence-electron chi connectivity index (χ3n) is 4.26. The van der Waals surface area contributed by atoms with Gasteiger partial charge in [0.05, 0.1) is 0 Å². The average Bonchev–Trinajstić information content (AvgIpc) is 2.34. The van der Waals surface area contributed by atoms with Gasteiger partial charge in [-0.1, -0.05) is 35.8 Å². The standard InChI is InChI=1S/C16H25BrN2/c1-11-6-7-19(10-12(11)2)16-9-15(17)5-4-14(16)8-13(3)18/h4-5,9,11-13H,6-8,10,18H2,1-3H3. The molecule has 0 bridgehead atoms. The summed E-state index contributed by atoms with van der Waals surface area (Å²) in [6.07, 6.45) is 2.23. The van der Waals surface area contributed by atoms with Crippen LogP contribution in [0.3, 0.4) is 0 Å². The van der Waals surface area contributed by atoms with E-state index in [1.807, 2.05) is 0 Å². The van der Waals surface area contributed by atoms with Crippen LogP contribution in [0, 0.1) is 11.8 Å². The van der Waals surface area contributed by atoms with E-state index < -0.39 is 0 Å². The molecular formula is C16H25BrN2.